The van der Waals surface area contributed by atoms with Gasteiger partial charge in [-0.25, -0.2) is 4.79 Å². The van der Waals surface area contributed by atoms with Gasteiger partial charge in [0, 0.05) is 23.8 Å². The van der Waals surface area contributed by atoms with Crippen molar-refractivity contribution in [2.24, 2.45) is 0 Å². The van der Waals surface area contributed by atoms with Crippen molar-refractivity contribution in [1.82, 2.24) is 4.90 Å². The molecule has 1 spiro atoms. The lowest BCUT2D eigenvalue weighted by Crippen LogP contribution is -2.61. The molecule has 1 aromatic carbocycles. The molecule has 1 aromatic rings. The van der Waals surface area contributed by atoms with Gasteiger partial charge in [-0.05, 0) is 51.1 Å². The van der Waals surface area contributed by atoms with Crippen LogP contribution in [0.4, 0.5) is 0 Å². The standard InChI is InChI=1S/C21H29NO6/c1-19-13-21(27-12-17(28-21)18(23)24)8-7-20(19,9-10-22(19)2)14-5-6-15(25-3)16(11-14)26-4/h5-6,11,17H,7-10,12-13H2,1-4H3,(H,23,24)/t17?,19-,20-,21?/m0/s1. The number of fused-ring (bicyclic) bond motifs is 1. The Bertz CT molecular complexity index is 784. The largest absolute Gasteiger partial charge is 0.493 e. The van der Waals surface area contributed by atoms with Crippen molar-refractivity contribution < 1.29 is 28.8 Å². The van der Waals surface area contributed by atoms with Crippen molar-refractivity contribution in [3.05, 3.63) is 23.8 Å². The molecule has 1 aliphatic carbocycles. The summed E-state index contributed by atoms with van der Waals surface area (Å²) in [5.74, 6) is -0.338. The quantitative estimate of drug-likeness (QED) is 0.844. The van der Waals surface area contributed by atoms with Crippen molar-refractivity contribution in [1.29, 1.82) is 0 Å². The smallest absolute Gasteiger partial charge is 0.335 e. The fourth-order valence-electron chi connectivity index (χ4n) is 5.59. The predicted molar refractivity (Wildman–Crippen MR) is 102 cm³/mol. The number of carboxylic acid groups (broad SMARTS) is 1. The Balaban J connectivity index is 1.71. The minimum absolute atomic E-state index is 0.0828. The molecular weight excluding hydrogens is 362 g/mol. The molecule has 3 fully saturated rings. The number of aliphatic carboxylic acids is 1. The third kappa shape index (κ3) is 2.64. The summed E-state index contributed by atoms with van der Waals surface area (Å²) in [6.45, 7) is 3.32. The second-order valence-corrected chi connectivity index (χ2v) is 8.44. The molecule has 2 unspecified atom stereocenters. The molecule has 7 nitrogen and oxygen atoms in total. The monoisotopic (exact) mass is 391 g/mol. The molecule has 7 heteroatoms. The Morgan fingerprint density at radius 3 is 2.61 bits per heavy atom. The van der Waals surface area contributed by atoms with Gasteiger partial charge in [-0.1, -0.05) is 6.07 Å². The number of likely N-dealkylation sites (N-methyl/N-ethyl adjacent to an activating group) is 1. The van der Waals surface area contributed by atoms with E-state index in [0.29, 0.717) is 12.8 Å². The summed E-state index contributed by atoms with van der Waals surface area (Å²) in [6, 6.07) is 6.19. The number of nitrogens with zero attached hydrogens (tertiary/aromatic N) is 1. The maximum Gasteiger partial charge on any atom is 0.335 e. The highest BCUT2D eigenvalue weighted by atomic mass is 16.8. The van der Waals surface area contributed by atoms with Crippen molar-refractivity contribution in [2.75, 3.05) is 34.4 Å². The summed E-state index contributed by atoms with van der Waals surface area (Å²) in [7, 11) is 5.42. The lowest BCUT2D eigenvalue weighted by Gasteiger charge is -2.55. The van der Waals surface area contributed by atoms with Crippen LogP contribution in [-0.4, -0.2) is 67.8 Å². The van der Waals surface area contributed by atoms with E-state index in [9.17, 15) is 9.90 Å². The third-order valence-electron chi connectivity index (χ3n) is 7.36. The van der Waals surface area contributed by atoms with E-state index in [-0.39, 0.29) is 17.6 Å². The van der Waals surface area contributed by atoms with Gasteiger partial charge in [-0.3, -0.25) is 4.90 Å². The van der Waals surface area contributed by atoms with Gasteiger partial charge in [0.25, 0.3) is 0 Å². The Morgan fingerprint density at radius 2 is 1.96 bits per heavy atom. The van der Waals surface area contributed by atoms with Crippen LogP contribution >= 0.6 is 0 Å². The van der Waals surface area contributed by atoms with E-state index < -0.39 is 17.9 Å². The van der Waals surface area contributed by atoms with E-state index in [1.807, 2.05) is 6.07 Å². The van der Waals surface area contributed by atoms with E-state index in [4.69, 9.17) is 18.9 Å². The first-order valence-corrected chi connectivity index (χ1v) is 9.77. The number of ether oxygens (including phenoxy) is 4. The van der Waals surface area contributed by atoms with Crippen LogP contribution in [0.5, 0.6) is 11.5 Å². The van der Waals surface area contributed by atoms with Crippen LogP contribution in [0.1, 0.15) is 38.2 Å². The van der Waals surface area contributed by atoms with E-state index in [0.717, 1.165) is 30.9 Å². The highest BCUT2D eigenvalue weighted by molar-refractivity contribution is 5.72. The molecule has 1 N–H and O–H groups in total. The minimum Gasteiger partial charge on any atom is -0.493 e. The average Bonchev–Trinajstić information content (AvgIpc) is 3.21. The molecule has 1 saturated carbocycles. The number of rotatable bonds is 4. The maximum absolute atomic E-state index is 11.4. The Hall–Kier alpha value is -1.83. The molecule has 2 aliphatic heterocycles. The molecular formula is C21H29NO6. The summed E-state index contributed by atoms with van der Waals surface area (Å²) in [4.78, 5) is 13.7. The first-order valence-electron chi connectivity index (χ1n) is 9.77. The topological polar surface area (TPSA) is 77.5 Å². The summed E-state index contributed by atoms with van der Waals surface area (Å²) in [5, 5.41) is 9.33. The average molecular weight is 391 g/mol. The van der Waals surface area contributed by atoms with Crippen LogP contribution in [0.3, 0.4) is 0 Å². The lowest BCUT2D eigenvalue weighted by atomic mass is 9.57. The van der Waals surface area contributed by atoms with Crippen LogP contribution < -0.4 is 9.47 Å². The van der Waals surface area contributed by atoms with Gasteiger partial charge >= 0.3 is 5.97 Å². The molecule has 3 aliphatic rings. The number of likely N-dealkylation sites (tertiary alicyclic amines) is 1. The molecule has 2 heterocycles. The molecule has 0 bridgehead atoms. The van der Waals surface area contributed by atoms with Crippen LogP contribution in [0.2, 0.25) is 0 Å². The highest BCUT2D eigenvalue weighted by Crippen LogP contribution is 2.59. The zero-order valence-corrected chi connectivity index (χ0v) is 17.0. The van der Waals surface area contributed by atoms with Crippen LogP contribution in [0, 0.1) is 0 Å². The number of benzene rings is 1. The molecule has 4 rings (SSSR count). The van der Waals surface area contributed by atoms with Gasteiger partial charge in [0.1, 0.15) is 0 Å². The van der Waals surface area contributed by atoms with E-state index in [2.05, 4.69) is 31.0 Å². The van der Waals surface area contributed by atoms with Crippen LogP contribution in [-0.2, 0) is 19.7 Å². The first kappa shape index (κ1) is 19.5. The molecule has 2 saturated heterocycles. The zero-order chi connectivity index (χ0) is 20.2. The first-order chi connectivity index (χ1) is 13.3. The molecule has 154 valence electrons. The fraction of sp³-hybridized carbons (Fsp3) is 0.667. The lowest BCUT2D eigenvalue weighted by molar-refractivity contribution is -0.220. The van der Waals surface area contributed by atoms with Gasteiger partial charge in [-0.15, -0.1) is 0 Å². The summed E-state index contributed by atoms with van der Waals surface area (Å²) < 4.78 is 22.9. The normalized spacial score (nSPS) is 37.8. The second-order valence-electron chi connectivity index (χ2n) is 8.44. The second kappa shape index (κ2) is 6.61. The summed E-state index contributed by atoms with van der Waals surface area (Å²) >= 11 is 0. The van der Waals surface area contributed by atoms with Crippen molar-refractivity contribution >= 4 is 5.97 Å². The van der Waals surface area contributed by atoms with Crippen LogP contribution in [0.25, 0.3) is 0 Å². The van der Waals surface area contributed by atoms with Gasteiger partial charge in [0.05, 0.1) is 20.8 Å². The molecule has 4 atom stereocenters. The summed E-state index contributed by atoms with van der Waals surface area (Å²) in [5.41, 5.74) is 0.915. The number of carboxylic acids is 1. The highest BCUT2D eigenvalue weighted by Gasteiger charge is 2.64. The molecule has 0 aromatic heterocycles. The van der Waals surface area contributed by atoms with Crippen LogP contribution in [0.15, 0.2) is 18.2 Å². The van der Waals surface area contributed by atoms with Crippen molar-refractivity contribution in [3.8, 4) is 11.5 Å². The number of methoxy groups -OCH3 is 2. The fourth-order valence-corrected chi connectivity index (χ4v) is 5.59. The molecule has 0 amide bonds. The van der Waals surface area contributed by atoms with E-state index in [1.54, 1.807) is 14.2 Å². The predicted octanol–water partition coefficient (Wildman–Crippen LogP) is 2.42. The van der Waals surface area contributed by atoms with Gasteiger partial charge in [0.15, 0.2) is 23.4 Å². The zero-order valence-electron chi connectivity index (χ0n) is 17.0. The maximum atomic E-state index is 11.4. The van der Waals surface area contributed by atoms with Gasteiger partial charge < -0.3 is 24.1 Å². The third-order valence-corrected chi connectivity index (χ3v) is 7.36. The number of hydrogen-bond acceptors (Lipinski definition) is 6. The summed E-state index contributed by atoms with van der Waals surface area (Å²) in [6.07, 6.45) is 2.30. The van der Waals surface area contributed by atoms with E-state index in [1.165, 1.54) is 5.56 Å². The Morgan fingerprint density at radius 1 is 1.21 bits per heavy atom. The van der Waals surface area contributed by atoms with Crippen molar-refractivity contribution in [3.63, 3.8) is 0 Å². The Kier molecular flexibility index (Phi) is 4.60. The number of carbonyl (C=O) groups is 1. The van der Waals surface area contributed by atoms with E-state index >= 15 is 0 Å². The minimum atomic E-state index is -0.960. The number of hydrogen-bond donors (Lipinski definition) is 1. The Labute approximate surface area is 165 Å². The molecule has 28 heavy (non-hydrogen) atoms. The molecule has 0 radical (unpaired) electrons. The van der Waals surface area contributed by atoms with Crippen molar-refractivity contribution in [2.45, 2.75) is 55.5 Å². The van der Waals surface area contributed by atoms with Gasteiger partial charge in [0.2, 0.25) is 0 Å². The SMILES string of the molecule is COc1ccc([C@]23CCN(C)[C@@]2(C)CC2(CC3)OCC(C(=O)O)O2)cc1OC. The van der Waals surface area contributed by atoms with Gasteiger partial charge in [-0.2, -0.15) is 0 Å².